The van der Waals surface area contributed by atoms with Gasteiger partial charge in [0, 0.05) is 25.7 Å². The van der Waals surface area contributed by atoms with E-state index in [4.69, 9.17) is 0 Å². The van der Waals surface area contributed by atoms with Gasteiger partial charge in [-0.3, -0.25) is 4.90 Å². The normalized spacial score (nSPS) is 11.3. The Balaban J connectivity index is 0.00000338. The molecular weight excluding hydrogens is 393 g/mol. The van der Waals surface area contributed by atoms with Gasteiger partial charge in [0.15, 0.2) is 5.13 Å². The molecule has 0 aliphatic rings. The van der Waals surface area contributed by atoms with Crippen molar-refractivity contribution in [1.82, 2.24) is 15.2 Å². The van der Waals surface area contributed by atoms with Gasteiger partial charge < -0.3 is 15.0 Å². The van der Waals surface area contributed by atoms with Crippen molar-refractivity contribution in [2.45, 2.75) is 13.3 Å². The van der Waals surface area contributed by atoms with Crippen LogP contribution in [0, 0.1) is 0 Å². The van der Waals surface area contributed by atoms with E-state index < -0.39 is 6.36 Å². The number of nitrogens with zero attached hydrogens (tertiary/aromatic N) is 3. The number of aromatic nitrogens is 1. The third-order valence-corrected chi connectivity index (χ3v) is 4.20. The van der Waals surface area contributed by atoms with Crippen LogP contribution < -0.4 is 15.0 Å². The monoisotopic (exact) mass is 412 g/mol. The molecule has 0 spiro atoms. The average Bonchev–Trinajstić information content (AvgIpc) is 2.88. The molecule has 2 amide bonds. The first-order chi connectivity index (χ1) is 11.7. The van der Waals surface area contributed by atoms with Crippen LogP contribution in [-0.4, -0.2) is 56.0 Å². The Bertz CT molecular complexity index is 739. The smallest absolute Gasteiger partial charge is 0.406 e. The summed E-state index contributed by atoms with van der Waals surface area (Å²) < 4.78 is 41.5. The van der Waals surface area contributed by atoms with E-state index in [0.29, 0.717) is 35.0 Å². The van der Waals surface area contributed by atoms with Crippen LogP contribution in [0.25, 0.3) is 10.2 Å². The molecular formula is C15H20ClF3N4O2S. The lowest BCUT2D eigenvalue weighted by Crippen LogP contribution is -2.43. The highest BCUT2D eigenvalue weighted by atomic mass is 35.5. The van der Waals surface area contributed by atoms with Gasteiger partial charge in [-0.1, -0.05) is 11.3 Å². The van der Waals surface area contributed by atoms with Crippen molar-refractivity contribution in [1.29, 1.82) is 0 Å². The van der Waals surface area contributed by atoms with E-state index in [1.165, 1.54) is 23.1 Å². The number of urea groups is 1. The van der Waals surface area contributed by atoms with Crippen molar-refractivity contribution in [3.8, 4) is 5.75 Å². The molecule has 0 saturated heterocycles. The Morgan fingerprint density at radius 2 is 2.00 bits per heavy atom. The third kappa shape index (κ3) is 6.19. The topological polar surface area (TPSA) is 57.7 Å². The van der Waals surface area contributed by atoms with E-state index in [9.17, 15) is 18.0 Å². The molecule has 0 fully saturated rings. The molecule has 0 saturated carbocycles. The second kappa shape index (κ2) is 9.24. The minimum atomic E-state index is -4.75. The number of rotatable bonds is 6. The molecule has 0 radical (unpaired) electrons. The van der Waals surface area contributed by atoms with Crippen molar-refractivity contribution in [2.24, 2.45) is 0 Å². The number of amides is 2. The van der Waals surface area contributed by atoms with Crippen molar-refractivity contribution in [3.63, 3.8) is 0 Å². The molecule has 1 heterocycles. The molecule has 1 aromatic carbocycles. The zero-order valence-electron chi connectivity index (χ0n) is 14.5. The number of nitrogens with one attached hydrogen (secondary N) is 1. The number of halogens is 4. The van der Waals surface area contributed by atoms with E-state index >= 15 is 0 Å². The Kier molecular flexibility index (Phi) is 7.91. The number of thiazole rings is 1. The molecule has 1 aromatic heterocycles. The summed E-state index contributed by atoms with van der Waals surface area (Å²) in [4.78, 5) is 20.0. The summed E-state index contributed by atoms with van der Waals surface area (Å²) in [7, 11) is 3.77. The van der Waals surface area contributed by atoms with Crippen molar-refractivity contribution >= 4 is 45.1 Å². The van der Waals surface area contributed by atoms with Gasteiger partial charge in [0.05, 0.1) is 10.2 Å². The Hall–Kier alpha value is -1.78. The van der Waals surface area contributed by atoms with Gasteiger partial charge in [0.1, 0.15) is 5.75 Å². The van der Waals surface area contributed by atoms with E-state index in [0.717, 1.165) is 11.3 Å². The third-order valence-electron chi connectivity index (χ3n) is 3.16. The fourth-order valence-electron chi connectivity index (χ4n) is 2.04. The number of alkyl halides is 3. The minimum absolute atomic E-state index is 0. The summed E-state index contributed by atoms with van der Waals surface area (Å²) in [5, 5.41) is 3.14. The molecule has 2 rings (SSSR count). The van der Waals surface area contributed by atoms with Crippen LogP contribution in [0.4, 0.5) is 23.1 Å². The number of likely N-dealkylation sites (N-methyl/N-ethyl adjacent to an activating group) is 1. The van der Waals surface area contributed by atoms with Crippen LogP contribution in [-0.2, 0) is 0 Å². The molecule has 0 atom stereocenters. The van der Waals surface area contributed by atoms with Gasteiger partial charge in [-0.15, -0.1) is 25.6 Å². The van der Waals surface area contributed by atoms with Crippen LogP contribution in [0.1, 0.15) is 6.92 Å². The standard InChI is InChI=1S/C15H19F3N4O2S.ClH/c1-4-19-13(23)22(8-7-21(2)3)14-20-11-6-5-10(9-12(11)25-14)24-15(16,17)18;/h5-6,9H,4,7-8H2,1-3H3,(H,19,23);1H. The zero-order valence-corrected chi connectivity index (χ0v) is 16.1. The van der Waals surface area contributed by atoms with Crippen molar-refractivity contribution in [3.05, 3.63) is 18.2 Å². The first-order valence-electron chi connectivity index (χ1n) is 7.56. The fourth-order valence-corrected chi connectivity index (χ4v) is 3.05. The number of carbonyl (C=O) groups excluding carboxylic acids is 1. The molecule has 26 heavy (non-hydrogen) atoms. The molecule has 11 heteroatoms. The summed E-state index contributed by atoms with van der Waals surface area (Å²) in [5.41, 5.74) is 0.508. The van der Waals surface area contributed by atoms with Gasteiger partial charge in [-0.2, -0.15) is 0 Å². The molecule has 6 nitrogen and oxygen atoms in total. The number of benzene rings is 1. The maximum Gasteiger partial charge on any atom is 0.573 e. The molecule has 146 valence electrons. The van der Waals surface area contributed by atoms with Crippen molar-refractivity contribution in [2.75, 3.05) is 38.6 Å². The SMILES string of the molecule is CCNC(=O)N(CCN(C)C)c1nc2ccc(OC(F)(F)F)cc2s1.Cl. The zero-order chi connectivity index (χ0) is 18.6. The van der Waals surface area contributed by atoms with Crippen LogP contribution in [0.15, 0.2) is 18.2 Å². The van der Waals surface area contributed by atoms with Gasteiger partial charge in [0.2, 0.25) is 0 Å². The highest BCUT2D eigenvalue weighted by Gasteiger charge is 2.31. The van der Waals surface area contributed by atoms with Gasteiger partial charge >= 0.3 is 12.4 Å². The first kappa shape index (κ1) is 22.3. The number of carbonyl (C=O) groups is 1. The number of anilines is 1. The molecule has 0 aliphatic heterocycles. The second-order valence-corrected chi connectivity index (χ2v) is 6.47. The lowest BCUT2D eigenvalue weighted by molar-refractivity contribution is -0.274. The van der Waals surface area contributed by atoms with E-state index in [1.54, 1.807) is 6.92 Å². The highest BCUT2D eigenvalue weighted by molar-refractivity contribution is 7.22. The lowest BCUT2D eigenvalue weighted by atomic mass is 10.3. The number of ether oxygens (including phenoxy) is 1. The number of hydrogen-bond acceptors (Lipinski definition) is 5. The molecule has 1 N–H and O–H groups in total. The van der Waals surface area contributed by atoms with E-state index in [2.05, 4.69) is 15.0 Å². The quantitative estimate of drug-likeness (QED) is 0.785. The minimum Gasteiger partial charge on any atom is -0.406 e. The Labute approximate surface area is 159 Å². The van der Waals surface area contributed by atoms with Crippen LogP contribution in [0.5, 0.6) is 5.75 Å². The molecule has 2 aromatic rings. The van der Waals surface area contributed by atoms with Gasteiger partial charge in [0.25, 0.3) is 0 Å². The summed E-state index contributed by atoms with van der Waals surface area (Å²) >= 11 is 1.14. The number of fused-ring (bicyclic) bond motifs is 1. The summed E-state index contributed by atoms with van der Waals surface area (Å²) in [6.45, 7) is 3.30. The highest BCUT2D eigenvalue weighted by Crippen LogP contribution is 2.33. The van der Waals surface area contributed by atoms with Crippen LogP contribution >= 0.6 is 23.7 Å². The predicted molar refractivity (Wildman–Crippen MR) is 98.5 cm³/mol. The molecule has 0 aliphatic carbocycles. The van der Waals surface area contributed by atoms with Crippen LogP contribution in [0.3, 0.4) is 0 Å². The molecule has 0 unspecified atom stereocenters. The van der Waals surface area contributed by atoms with E-state index in [1.807, 2.05) is 19.0 Å². The summed E-state index contributed by atoms with van der Waals surface area (Å²) in [5.74, 6) is -0.312. The fraction of sp³-hybridized carbons (Fsp3) is 0.467. The molecule has 0 bridgehead atoms. The van der Waals surface area contributed by atoms with Gasteiger partial charge in [-0.25, -0.2) is 9.78 Å². The summed E-state index contributed by atoms with van der Waals surface area (Å²) in [6.07, 6.45) is -4.75. The number of hydrogen-bond donors (Lipinski definition) is 1. The average molecular weight is 413 g/mol. The largest absolute Gasteiger partial charge is 0.573 e. The van der Waals surface area contributed by atoms with Crippen LogP contribution in [0.2, 0.25) is 0 Å². The maximum atomic E-state index is 12.3. The van der Waals surface area contributed by atoms with Gasteiger partial charge in [-0.05, 0) is 33.2 Å². The lowest BCUT2D eigenvalue weighted by Gasteiger charge is -2.21. The first-order valence-corrected chi connectivity index (χ1v) is 8.37. The van der Waals surface area contributed by atoms with Crippen molar-refractivity contribution < 1.29 is 22.7 Å². The maximum absolute atomic E-state index is 12.3. The van der Waals surface area contributed by atoms with E-state index in [-0.39, 0.29) is 24.2 Å². The second-order valence-electron chi connectivity index (χ2n) is 5.46. The Morgan fingerprint density at radius 3 is 2.58 bits per heavy atom. The summed E-state index contributed by atoms with van der Waals surface area (Å²) in [6, 6.07) is 3.62. The predicted octanol–water partition coefficient (Wildman–Crippen LogP) is 3.71. The Morgan fingerprint density at radius 1 is 1.31 bits per heavy atom.